The maximum Gasteiger partial charge on any atom is 0.182 e. The molecule has 3 atom stereocenters. The van der Waals surface area contributed by atoms with E-state index in [2.05, 4.69) is 0 Å². The van der Waals surface area contributed by atoms with E-state index in [1.54, 1.807) is 31.4 Å². The normalized spacial score (nSPS) is 23.5. The number of sulfone groups is 1. The van der Waals surface area contributed by atoms with E-state index in [-0.39, 0.29) is 23.3 Å². The Morgan fingerprint density at radius 2 is 1.70 bits per heavy atom. The molecular formula is C17H17ClO4S. The van der Waals surface area contributed by atoms with E-state index in [4.69, 9.17) is 16.3 Å². The number of rotatable bonds is 5. The SMILES string of the molecule is COc1ccc([C@@H]2[C@@H](CO)[C@H]2S(=O)(=O)c2ccc(Cl)cc2)cc1. The zero-order chi connectivity index (χ0) is 16.6. The lowest BCUT2D eigenvalue weighted by Crippen LogP contribution is -2.11. The predicted molar refractivity (Wildman–Crippen MR) is 88.7 cm³/mol. The van der Waals surface area contributed by atoms with Gasteiger partial charge in [0.05, 0.1) is 17.3 Å². The number of halogens is 1. The number of ether oxygens (including phenoxy) is 1. The maximum absolute atomic E-state index is 12.8. The first-order valence-electron chi connectivity index (χ1n) is 7.23. The van der Waals surface area contributed by atoms with Gasteiger partial charge in [-0.2, -0.15) is 0 Å². The molecule has 3 rings (SSSR count). The van der Waals surface area contributed by atoms with E-state index in [9.17, 15) is 13.5 Å². The Bertz CT molecular complexity index is 784. The van der Waals surface area contributed by atoms with E-state index >= 15 is 0 Å². The minimum atomic E-state index is -3.51. The standard InChI is InChI=1S/C17H17ClO4S/c1-22-13-6-2-11(3-7-13)16-15(10-19)17(16)23(20,21)14-8-4-12(18)5-9-14/h2-9,15-17,19H,10H2,1H3/t15-,16-,17-/m1/s1. The van der Waals surface area contributed by atoms with Gasteiger partial charge in [-0.3, -0.25) is 0 Å². The molecule has 2 aromatic rings. The van der Waals surface area contributed by atoms with Crippen molar-refractivity contribution in [3.8, 4) is 5.75 Å². The first-order chi connectivity index (χ1) is 11.0. The van der Waals surface area contributed by atoms with Crippen molar-refractivity contribution in [2.45, 2.75) is 16.1 Å². The Kier molecular flexibility index (Phi) is 4.36. The Morgan fingerprint density at radius 1 is 1.09 bits per heavy atom. The van der Waals surface area contributed by atoms with Crippen LogP contribution in [0.4, 0.5) is 0 Å². The zero-order valence-corrected chi connectivity index (χ0v) is 14.1. The van der Waals surface area contributed by atoms with E-state index in [0.717, 1.165) is 5.56 Å². The number of aliphatic hydroxyl groups excluding tert-OH is 1. The van der Waals surface area contributed by atoms with Gasteiger partial charge in [-0.15, -0.1) is 0 Å². The second-order valence-electron chi connectivity index (χ2n) is 5.61. The Balaban J connectivity index is 1.90. The summed E-state index contributed by atoms with van der Waals surface area (Å²) < 4.78 is 30.7. The van der Waals surface area contributed by atoms with Crippen LogP contribution in [0.2, 0.25) is 5.02 Å². The van der Waals surface area contributed by atoms with Gasteiger partial charge < -0.3 is 9.84 Å². The van der Waals surface area contributed by atoms with Crippen molar-refractivity contribution in [2.75, 3.05) is 13.7 Å². The molecule has 0 radical (unpaired) electrons. The molecule has 0 spiro atoms. The Morgan fingerprint density at radius 3 is 2.22 bits per heavy atom. The Labute approximate surface area is 140 Å². The number of benzene rings is 2. The Hall–Kier alpha value is -1.56. The van der Waals surface area contributed by atoms with Crippen LogP contribution in [0.5, 0.6) is 5.75 Å². The number of hydrogen-bond donors (Lipinski definition) is 1. The summed E-state index contributed by atoms with van der Waals surface area (Å²) in [6.07, 6.45) is 0. The summed E-state index contributed by atoms with van der Waals surface area (Å²) >= 11 is 5.82. The first kappa shape index (κ1) is 16.3. The molecular weight excluding hydrogens is 336 g/mol. The summed E-state index contributed by atoms with van der Waals surface area (Å²) in [7, 11) is -1.93. The molecule has 2 aromatic carbocycles. The van der Waals surface area contributed by atoms with Crippen molar-refractivity contribution in [3.05, 3.63) is 59.1 Å². The van der Waals surface area contributed by atoms with Crippen molar-refractivity contribution in [1.29, 1.82) is 0 Å². The van der Waals surface area contributed by atoms with Crippen LogP contribution in [0.1, 0.15) is 11.5 Å². The lowest BCUT2D eigenvalue weighted by molar-refractivity contribution is 0.274. The van der Waals surface area contributed by atoms with E-state index < -0.39 is 15.1 Å². The molecule has 4 nitrogen and oxygen atoms in total. The lowest BCUT2D eigenvalue weighted by atomic mass is 10.1. The molecule has 0 bridgehead atoms. The average Bonchev–Trinajstić information content (AvgIpc) is 3.31. The van der Waals surface area contributed by atoms with Crippen LogP contribution < -0.4 is 4.74 Å². The zero-order valence-electron chi connectivity index (χ0n) is 12.5. The molecule has 1 fully saturated rings. The first-order valence-corrected chi connectivity index (χ1v) is 9.15. The summed E-state index contributed by atoms with van der Waals surface area (Å²) in [6.45, 7) is -0.159. The lowest BCUT2D eigenvalue weighted by Gasteiger charge is -2.05. The third kappa shape index (κ3) is 2.96. The smallest absolute Gasteiger partial charge is 0.182 e. The summed E-state index contributed by atoms with van der Waals surface area (Å²) in [4.78, 5) is 0.237. The van der Waals surface area contributed by atoms with Crippen LogP contribution in [-0.4, -0.2) is 32.5 Å². The molecule has 1 aliphatic rings. The average molecular weight is 353 g/mol. The van der Waals surface area contributed by atoms with Gasteiger partial charge in [0.2, 0.25) is 0 Å². The predicted octanol–water partition coefficient (Wildman–Crippen LogP) is 2.90. The summed E-state index contributed by atoms with van der Waals surface area (Å²) in [5, 5.41) is 9.43. The largest absolute Gasteiger partial charge is 0.497 e. The van der Waals surface area contributed by atoms with Crippen molar-refractivity contribution in [3.63, 3.8) is 0 Å². The molecule has 1 saturated carbocycles. The number of aliphatic hydroxyl groups is 1. The van der Waals surface area contributed by atoms with Gasteiger partial charge in [0.1, 0.15) is 5.75 Å². The number of methoxy groups -OCH3 is 1. The quantitative estimate of drug-likeness (QED) is 0.898. The topological polar surface area (TPSA) is 63.6 Å². The molecule has 0 aliphatic heterocycles. The molecule has 0 unspecified atom stereocenters. The fraction of sp³-hybridized carbons (Fsp3) is 0.294. The third-order valence-electron chi connectivity index (χ3n) is 4.31. The molecule has 6 heteroatoms. The minimum absolute atomic E-state index is 0.159. The van der Waals surface area contributed by atoms with Gasteiger partial charge in [-0.1, -0.05) is 23.7 Å². The molecule has 122 valence electrons. The van der Waals surface area contributed by atoms with Crippen LogP contribution in [-0.2, 0) is 9.84 Å². The third-order valence-corrected chi connectivity index (χ3v) is 6.85. The van der Waals surface area contributed by atoms with Crippen molar-refractivity contribution in [2.24, 2.45) is 5.92 Å². The molecule has 23 heavy (non-hydrogen) atoms. The van der Waals surface area contributed by atoms with Crippen LogP contribution >= 0.6 is 11.6 Å². The summed E-state index contributed by atoms with van der Waals surface area (Å²) in [5.74, 6) is 0.225. The monoisotopic (exact) mass is 352 g/mol. The fourth-order valence-electron chi connectivity index (χ4n) is 3.03. The second kappa shape index (κ2) is 6.15. The van der Waals surface area contributed by atoms with Gasteiger partial charge in [0, 0.05) is 23.5 Å². The summed E-state index contributed by atoms with van der Waals surface area (Å²) in [5.41, 5.74) is 0.896. The fourth-order valence-corrected chi connectivity index (χ4v) is 5.35. The van der Waals surface area contributed by atoms with E-state index in [1.807, 2.05) is 12.1 Å². The van der Waals surface area contributed by atoms with E-state index in [0.29, 0.717) is 10.8 Å². The van der Waals surface area contributed by atoms with Crippen LogP contribution in [0.3, 0.4) is 0 Å². The van der Waals surface area contributed by atoms with E-state index in [1.165, 1.54) is 12.1 Å². The van der Waals surface area contributed by atoms with Gasteiger partial charge in [-0.05, 0) is 42.0 Å². The molecule has 0 amide bonds. The molecule has 0 saturated heterocycles. The highest BCUT2D eigenvalue weighted by Gasteiger charge is 2.58. The van der Waals surface area contributed by atoms with Gasteiger partial charge in [-0.25, -0.2) is 8.42 Å². The second-order valence-corrected chi connectivity index (χ2v) is 8.15. The minimum Gasteiger partial charge on any atom is -0.497 e. The summed E-state index contributed by atoms with van der Waals surface area (Å²) in [6, 6.07) is 13.4. The van der Waals surface area contributed by atoms with Crippen LogP contribution in [0.15, 0.2) is 53.4 Å². The van der Waals surface area contributed by atoms with Gasteiger partial charge in [0.25, 0.3) is 0 Å². The van der Waals surface area contributed by atoms with Crippen LogP contribution in [0.25, 0.3) is 0 Å². The molecule has 0 heterocycles. The molecule has 1 N–H and O–H groups in total. The highest BCUT2D eigenvalue weighted by Crippen LogP contribution is 2.53. The van der Waals surface area contributed by atoms with Gasteiger partial charge >= 0.3 is 0 Å². The number of hydrogen-bond acceptors (Lipinski definition) is 4. The van der Waals surface area contributed by atoms with Crippen molar-refractivity contribution >= 4 is 21.4 Å². The molecule has 0 aromatic heterocycles. The highest BCUT2D eigenvalue weighted by atomic mass is 35.5. The maximum atomic E-state index is 12.8. The highest BCUT2D eigenvalue weighted by molar-refractivity contribution is 7.92. The van der Waals surface area contributed by atoms with Crippen molar-refractivity contribution < 1.29 is 18.3 Å². The van der Waals surface area contributed by atoms with Gasteiger partial charge in [0.15, 0.2) is 9.84 Å². The van der Waals surface area contributed by atoms with Crippen molar-refractivity contribution in [1.82, 2.24) is 0 Å². The molecule has 1 aliphatic carbocycles. The van der Waals surface area contributed by atoms with Crippen LogP contribution in [0, 0.1) is 5.92 Å².